The van der Waals surface area contributed by atoms with Crippen molar-refractivity contribution in [2.75, 3.05) is 29.1 Å². The molecule has 0 aliphatic carbocycles. The number of hydrogen-bond donors (Lipinski definition) is 1. The van der Waals surface area contributed by atoms with Gasteiger partial charge < -0.3 is 15.5 Å². The van der Waals surface area contributed by atoms with Gasteiger partial charge in [0.05, 0.1) is 0 Å². The molecule has 0 unspecified atom stereocenters. The van der Waals surface area contributed by atoms with Gasteiger partial charge in [-0.2, -0.15) is 0 Å². The Morgan fingerprint density at radius 2 is 2.04 bits per heavy atom. The molecule has 24 heavy (non-hydrogen) atoms. The highest BCUT2D eigenvalue weighted by Gasteiger charge is 2.18. The number of nitrogens with two attached hydrogens (primary N) is 1. The lowest BCUT2D eigenvalue weighted by Crippen LogP contribution is -2.29. The Hall–Kier alpha value is -1.94. The van der Waals surface area contributed by atoms with E-state index in [4.69, 9.17) is 5.73 Å². The fourth-order valence-corrected chi connectivity index (χ4v) is 3.10. The Morgan fingerprint density at radius 1 is 1.25 bits per heavy atom. The van der Waals surface area contributed by atoms with Crippen molar-refractivity contribution >= 4 is 29.6 Å². The summed E-state index contributed by atoms with van der Waals surface area (Å²) in [6.07, 6.45) is 4.23. The molecule has 2 aromatic rings. The van der Waals surface area contributed by atoms with Gasteiger partial charge >= 0.3 is 0 Å². The van der Waals surface area contributed by atoms with Crippen LogP contribution in [0.4, 0.5) is 17.2 Å². The number of fused-ring (bicyclic) bond motifs is 1. The third kappa shape index (κ3) is 3.75. The maximum atomic E-state index is 6.13. The van der Waals surface area contributed by atoms with Gasteiger partial charge in [0.1, 0.15) is 5.82 Å². The van der Waals surface area contributed by atoms with Gasteiger partial charge in [-0.1, -0.05) is 12.1 Å². The number of benzene rings is 1. The smallest absolute Gasteiger partial charge is 0.128 e. The predicted molar refractivity (Wildman–Crippen MR) is 105 cm³/mol. The summed E-state index contributed by atoms with van der Waals surface area (Å²) in [6, 6.07) is 11.0. The quantitative estimate of drug-likeness (QED) is 0.853. The highest BCUT2D eigenvalue weighted by atomic mass is 35.5. The first-order valence-electron chi connectivity index (χ1n) is 8.36. The van der Waals surface area contributed by atoms with Gasteiger partial charge in [0.15, 0.2) is 0 Å². The predicted octanol–water partition coefficient (Wildman–Crippen LogP) is 3.88. The fraction of sp³-hybridized carbons (Fsp3) is 0.421. The van der Waals surface area contributed by atoms with E-state index in [1.165, 1.54) is 16.8 Å². The van der Waals surface area contributed by atoms with Gasteiger partial charge in [-0.25, -0.2) is 4.98 Å². The third-order valence-corrected chi connectivity index (χ3v) is 4.70. The molecule has 0 atom stereocenters. The lowest BCUT2D eigenvalue weighted by molar-refractivity contribution is 0.690. The molecule has 130 valence electrons. The van der Waals surface area contributed by atoms with Gasteiger partial charge in [0.2, 0.25) is 0 Å². The maximum Gasteiger partial charge on any atom is 0.128 e. The minimum atomic E-state index is 0. The zero-order chi connectivity index (χ0) is 16.4. The molecular weight excluding hydrogens is 320 g/mol. The molecule has 4 nitrogen and oxygen atoms in total. The molecular formula is C19H27ClN4. The summed E-state index contributed by atoms with van der Waals surface area (Å²) in [5.74, 6) is 1.02. The van der Waals surface area contributed by atoms with Crippen molar-refractivity contribution in [3.8, 4) is 0 Å². The summed E-state index contributed by atoms with van der Waals surface area (Å²) in [7, 11) is 2.08. The minimum absolute atomic E-state index is 0. The molecule has 0 fully saturated rings. The average Bonchev–Trinajstić information content (AvgIpc) is 2.56. The van der Waals surface area contributed by atoms with Crippen molar-refractivity contribution < 1.29 is 0 Å². The Balaban J connectivity index is 0.00000208. The van der Waals surface area contributed by atoms with Crippen LogP contribution in [0.2, 0.25) is 0 Å². The molecule has 3 rings (SSSR count). The molecule has 1 aliphatic rings. The molecule has 0 saturated carbocycles. The number of pyridine rings is 1. The number of nitrogen functional groups attached to an aromatic ring is 1. The van der Waals surface area contributed by atoms with E-state index in [1.807, 2.05) is 18.3 Å². The normalized spacial score (nSPS) is 13.4. The van der Waals surface area contributed by atoms with E-state index in [0.717, 1.165) is 37.4 Å². The molecule has 2 N–H and O–H groups in total. The molecule has 0 saturated heterocycles. The number of anilines is 3. The number of nitrogens with zero attached hydrogens (tertiary/aromatic N) is 3. The van der Waals surface area contributed by atoms with Crippen molar-refractivity contribution in [1.82, 2.24) is 4.98 Å². The summed E-state index contributed by atoms with van der Waals surface area (Å²) in [6.45, 7) is 6.30. The zero-order valence-electron chi connectivity index (χ0n) is 14.7. The Bertz CT molecular complexity index is 670. The van der Waals surface area contributed by atoms with Gasteiger partial charge in [-0.05, 0) is 56.0 Å². The van der Waals surface area contributed by atoms with E-state index in [-0.39, 0.29) is 12.4 Å². The standard InChI is InChI=1S/C19H26N4.ClH/c1-14(2)22(3)19-10-9-15(12-21-19)13-23-11-5-6-16-17(20)7-4-8-18(16)23;/h4,7-10,12,14H,5-6,11,13,20H2,1-3H3;1H. The molecule has 5 heteroatoms. The topological polar surface area (TPSA) is 45.4 Å². The van der Waals surface area contributed by atoms with Gasteiger partial charge in [0, 0.05) is 43.8 Å². The molecule has 2 heterocycles. The molecule has 1 aromatic carbocycles. The number of aromatic nitrogens is 1. The number of rotatable bonds is 4. The van der Waals surface area contributed by atoms with Gasteiger partial charge in [-0.15, -0.1) is 12.4 Å². The highest BCUT2D eigenvalue weighted by molar-refractivity contribution is 5.85. The zero-order valence-corrected chi connectivity index (χ0v) is 15.5. The van der Waals surface area contributed by atoms with Crippen LogP contribution in [0.5, 0.6) is 0 Å². The van der Waals surface area contributed by atoms with Crippen LogP contribution in [-0.2, 0) is 13.0 Å². The third-order valence-electron chi connectivity index (χ3n) is 4.70. The Morgan fingerprint density at radius 3 is 2.71 bits per heavy atom. The minimum Gasteiger partial charge on any atom is -0.398 e. The van der Waals surface area contributed by atoms with Crippen LogP contribution in [0.25, 0.3) is 0 Å². The second-order valence-corrected chi connectivity index (χ2v) is 6.60. The van der Waals surface area contributed by atoms with E-state index in [9.17, 15) is 0 Å². The molecule has 1 aliphatic heterocycles. The first kappa shape index (κ1) is 18.4. The second kappa shape index (κ2) is 7.75. The second-order valence-electron chi connectivity index (χ2n) is 6.60. The Kier molecular flexibility index (Phi) is 5.94. The lowest BCUT2D eigenvalue weighted by Gasteiger charge is -2.32. The van der Waals surface area contributed by atoms with Crippen molar-refractivity contribution in [3.05, 3.63) is 47.7 Å². The summed E-state index contributed by atoms with van der Waals surface area (Å²) >= 11 is 0. The number of hydrogen-bond acceptors (Lipinski definition) is 4. The van der Waals surface area contributed by atoms with Crippen LogP contribution in [0.1, 0.15) is 31.4 Å². The number of halogens is 1. The summed E-state index contributed by atoms with van der Waals surface area (Å²) in [5.41, 5.74) is 10.9. The van der Waals surface area contributed by atoms with E-state index in [2.05, 4.69) is 53.9 Å². The van der Waals surface area contributed by atoms with Crippen molar-refractivity contribution in [1.29, 1.82) is 0 Å². The fourth-order valence-electron chi connectivity index (χ4n) is 3.10. The SMILES string of the molecule is CC(C)N(C)c1ccc(CN2CCCc3c(N)cccc32)cn1.Cl. The van der Waals surface area contributed by atoms with Crippen molar-refractivity contribution in [2.24, 2.45) is 0 Å². The van der Waals surface area contributed by atoms with E-state index in [1.54, 1.807) is 0 Å². The Labute approximate surface area is 151 Å². The van der Waals surface area contributed by atoms with Crippen LogP contribution < -0.4 is 15.5 Å². The maximum absolute atomic E-state index is 6.13. The highest BCUT2D eigenvalue weighted by Crippen LogP contribution is 2.32. The van der Waals surface area contributed by atoms with Crippen LogP contribution in [0.3, 0.4) is 0 Å². The lowest BCUT2D eigenvalue weighted by atomic mass is 9.99. The average molecular weight is 347 g/mol. The van der Waals surface area contributed by atoms with Crippen LogP contribution >= 0.6 is 12.4 Å². The molecule has 0 amide bonds. The summed E-state index contributed by atoms with van der Waals surface area (Å²) in [5, 5.41) is 0. The molecule has 0 spiro atoms. The van der Waals surface area contributed by atoms with Gasteiger partial charge in [-0.3, -0.25) is 0 Å². The first-order chi connectivity index (χ1) is 11.1. The van der Waals surface area contributed by atoms with E-state index >= 15 is 0 Å². The van der Waals surface area contributed by atoms with E-state index < -0.39 is 0 Å². The molecule has 0 bridgehead atoms. The van der Waals surface area contributed by atoms with Crippen LogP contribution in [0, 0.1) is 0 Å². The summed E-state index contributed by atoms with van der Waals surface area (Å²) < 4.78 is 0. The van der Waals surface area contributed by atoms with Crippen molar-refractivity contribution in [2.45, 2.75) is 39.3 Å². The van der Waals surface area contributed by atoms with Crippen molar-refractivity contribution in [3.63, 3.8) is 0 Å². The van der Waals surface area contributed by atoms with Gasteiger partial charge in [0.25, 0.3) is 0 Å². The monoisotopic (exact) mass is 346 g/mol. The van der Waals surface area contributed by atoms with E-state index in [0.29, 0.717) is 6.04 Å². The molecule has 1 aromatic heterocycles. The largest absolute Gasteiger partial charge is 0.398 e. The first-order valence-corrected chi connectivity index (χ1v) is 8.36. The van der Waals surface area contributed by atoms with Crippen LogP contribution in [0.15, 0.2) is 36.5 Å². The summed E-state index contributed by atoms with van der Waals surface area (Å²) in [4.78, 5) is 9.21. The van der Waals surface area contributed by atoms with Crippen LogP contribution in [-0.4, -0.2) is 24.6 Å². The molecule has 0 radical (unpaired) electrons.